The van der Waals surface area contributed by atoms with E-state index in [1.165, 1.54) is 0 Å². The van der Waals surface area contributed by atoms with Crippen LogP contribution in [0.5, 0.6) is 0 Å². The topological polar surface area (TPSA) is 90.0 Å². The molecule has 0 aliphatic carbocycles. The number of aliphatic carboxylic acids is 1. The minimum atomic E-state index is -0.736. The molecule has 0 atom stereocenters. The molecule has 1 fully saturated rings. The molecule has 0 radical (unpaired) electrons. The van der Waals surface area contributed by atoms with Crippen molar-refractivity contribution in [3.8, 4) is 0 Å². The second-order valence-electron chi connectivity index (χ2n) is 6.64. The van der Waals surface area contributed by atoms with Gasteiger partial charge in [0, 0.05) is 46.1 Å². The van der Waals surface area contributed by atoms with Crippen molar-refractivity contribution in [1.82, 2.24) is 15.1 Å². The van der Waals surface area contributed by atoms with Gasteiger partial charge in [0.2, 0.25) is 5.91 Å². The van der Waals surface area contributed by atoms with Crippen LogP contribution in [0.15, 0.2) is 0 Å². The van der Waals surface area contributed by atoms with Crippen molar-refractivity contribution in [2.75, 3.05) is 33.7 Å². The highest BCUT2D eigenvalue weighted by molar-refractivity contribution is 5.79. The molecule has 0 aromatic heterocycles. The Labute approximate surface area is 144 Å². The van der Waals surface area contributed by atoms with Crippen LogP contribution in [0.3, 0.4) is 0 Å². The normalized spacial score (nSPS) is 15.2. The molecule has 0 aromatic carbocycles. The van der Waals surface area contributed by atoms with E-state index in [0.717, 1.165) is 44.9 Å². The highest BCUT2D eigenvalue weighted by Crippen LogP contribution is 2.18. The molecule has 1 aliphatic heterocycles. The average Bonchev–Trinajstić information content (AvgIpc) is 2.56. The fourth-order valence-electron chi connectivity index (χ4n) is 2.90. The van der Waals surface area contributed by atoms with E-state index in [0.29, 0.717) is 19.6 Å². The molecule has 0 aromatic rings. The highest BCUT2D eigenvalue weighted by Gasteiger charge is 2.27. The molecule has 0 bridgehead atoms. The summed E-state index contributed by atoms with van der Waals surface area (Å²) in [5.41, 5.74) is 0. The third-order valence-electron chi connectivity index (χ3n) is 4.39. The summed E-state index contributed by atoms with van der Waals surface area (Å²) in [6.45, 7) is 1.95. The number of carboxylic acid groups (broad SMARTS) is 1. The predicted molar refractivity (Wildman–Crippen MR) is 91.7 cm³/mol. The first-order valence-corrected chi connectivity index (χ1v) is 8.87. The van der Waals surface area contributed by atoms with Gasteiger partial charge in [-0.25, -0.2) is 4.79 Å². The van der Waals surface area contributed by atoms with E-state index in [2.05, 4.69) is 5.32 Å². The maximum atomic E-state index is 12.1. The molecule has 1 aliphatic rings. The Morgan fingerprint density at radius 1 is 1.04 bits per heavy atom. The van der Waals surface area contributed by atoms with Crippen molar-refractivity contribution in [1.29, 1.82) is 0 Å². The van der Waals surface area contributed by atoms with E-state index in [1.54, 1.807) is 23.9 Å². The average molecular weight is 341 g/mol. The minimum absolute atomic E-state index is 0.00628. The number of nitrogens with one attached hydrogen (secondary N) is 1. The summed E-state index contributed by atoms with van der Waals surface area (Å²) in [7, 11) is 3.48. The number of carbonyl (C=O) groups excluding carboxylic acids is 2. The fourth-order valence-corrected chi connectivity index (χ4v) is 2.90. The van der Waals surface area contributed by atoms with E-state index < -0.39 is 5.97 Å². The fraction of sp³-hybridized carbons (Fsp3) is 0.824. The first-order chi connectivity index (χ1) is 11.4. The number of hydrogen-bond donors (Lipinski definition) is 2. The number of likely N-dealkylation sites (tertiary alicyclic amines) is 1. The van der Waals surface area contributed by atoms with E-state index in [4.69, 9.17) is 5.11 Å². The van der Waals surface area contributed by atoms with Crippen LogP contribution >= 0.6 is 0 Å². The molecule has 3 amide bonds. The smallest absolute Gasteiger partial charge is 0.319 e. The van der Waals surface area contributed by atoms with E-state index in [-0.39, 0.29) is 24.3 Å². The van der Waals surface area contributed by atoms with Gasteiger partial charge in [-0.3, -0.25) is 9.59 Å². The molecule has 24 heavy (non-hydrogen) atoms. The van der Waals surface area contributed by atoms with Crippen molar-refractivity contribution in [2.45, 2.75) is 51.4 Å². The van der Waals surface area contributed by atoms with Crippen LogP contribution in [0.1, 0.15) is 51.4 Å². The van der Waals surface area contributed by atoms with Gasteiger partial charge in [0.1, 0.15) is 0 Å². The zero-order valence-corrected chi connectivity index (χ0v) is 14.9. The van der Waals surface area contributed by atoms with Crippen LogP contribution in [0.25, 0.3) is 0 Å². The van der Waals surface area contributed by atoms with Crippen molar-refractivity contribution < 1.29 is 19.5 Å². The second-order valence-corrected chi connectivity index (χ2v) is 6.64. The quantitative estimate of drug-likeness (QED) is 0.627. The third kappa shape index (κ3) is 7.66. The van der Waals surface area contributed by atoms with Crippen LogP contribution in [0.4, 0.5) is 4.79 Å². The summed E-state index contributed by atoms with van der Waals surface area (Å²) in [5.74, 6) is -0.634. The first-order valence-electron chi connectivity index (χ1n) is 8.87. The maximum absolute atomic E-state index is 12.1. The second kappa shape index (κ2) is 10.9. The van der Waals surface area contributed by atoms with E-state index in [9.17, 15) is 14.4 Å². The number of carboxylic acids is 1. The lowest BCUT2D eigenvalue weighted by Gasteiger charge is -2.33. The molecule has 7 nitrogen and oxygen atoms in total. The van der Waals surface area contributed by atoms with Crippen molar-refractivity contribution in [3.63, 3.8) is 0 Å². The molecule has 0 unspecified atom stereocenters. The predicted octanol–water partition coefficient (Wildman–Crippen LogP) is 1.92. The van der Waals surface area contributed by atoms with Gasteiger partial charge in [-0.1, -0.05) is 19.3 Å². The molecule has 1 heterocycles. The Bertz CT molecular complexity index is 418. The molecular weight excluding hydrogens is 310 g/mol. The monoisotopic (exact) mass is 341 g/mol. The summed E-state index contributed by atoms with van der Waals surface area (Å²) in [4.78, 5) is 37.7. The molecule has 1 saturated heterocycles. The van der Waals surface area contributed by atoms with Gasteiger partial charge in [0.15, 0.2) is 0 Å². The van der Waals surface area contributed by atoms with Gasteiger partial charge in [-0.15, -0.1) is 0 Å². The van der Waals surface area contributed by atoms with Gasteiger partial charge in [-0.2, -0.15) is 0 Å². The number of rotatable bonds is 9. The standard InChI is InChI=1S/C17H31N3O4/c1-19(2)17(24)20-12-9-14(10-13-20)16(23)18-11-7-5-3-4-6-8-15(21)22/h14H,3-13H2,1-2H3,(H,18,23)(H,21,22). The molecule has 138 valence electrons. The summed E-state index contributed by atoms with van der Waals surface area (Å²) in [6.07, 6.45) is 6.29. The highest BCUT2D eigenvalue weighted by atomic mass is 16.4. The third-order valence-corrected chi connectivity index (χ3v) is 4.39. The Balaban J connectivity index is 2.06. The van der Waals surface area contributed by atoms with Gasteiger partial charge < -0.3 is 20.2 Å². The van der Waals surface area contributed by atoms with Gasteiger partial charge in [-0.05, 0) is 25.7 Å². The number of urea groups is 1. The SMILES string of the molecule is CN(C)C(=O)N1CCC(C(=O)NCCCCCCCC(=O)O)CC1. The zero-order chi connectivity index (χ0) is 17.9. The lowest BCUT2D eigenvalue weighted by atomic mass is 9.96. The largest absolute Gasteiger partial charge is 0.481 e. The Morgan fingerprint density at radius 3 is 2.21 bits per heavy atom. The zero-order valence-electron chi connectivity index (χ0n) is 14.9. The Kier molecular flexibility index (Phi) is 9.19. The number of piperidine rings is 1. The van der Waals surface area contributed by atoms with Crippen LogP contribution in [0, 0.1) is 5.92 Å². The number of nitrogens with zero attached hydrogens (tertiary/aromatic N) is 2. The minimum Gasteiger partial charge on any atom is -0.481 e. The lowest BCUT2D eigenvalue weighted by molar-refractivity contribution is -0.137. The van der Waals surface area contributed by atoms with Gasteiger partial charge in [0.05, 0.1) is 0 Å². The van der Waals surface area contributed by atoms with Crippen molar-refractivity contribution in [3.05, 3.63) is 0 Å². The van der Waals surface area contributed by atoms with Crippen LogP contribution in [-0.4, -0.2) is 66.5 Å². The summed E-state index contributed by atoms with van der Waals surface area (Å²) < 4.78 is 0. The number of amides is 3. The molecule has 0 spiro atoms. The van der Waals surface area contributed by atoms with Crippen LogP contribution in [0.2, 0.25) is 0 Å². The lowest BCUT2D eigenvalue weighted by Crippen LogP contribution is -2.46. The first kappa shape index (κ1) is 20.3. The van der Waals surface area contributed by atoms with Crippen molar-refractivity contribution in [2.24, 2.45) is 5.92 Å². The summed E-state index contributed by atoms with van der Waals surface area (Å²) in [6, 6.07) is 0.0109. The molecular formula is C17H31N3O4. The maximum Gasteiger partial charge on any atom is 0.319 e. The van der Waals surface area contributed by atoms with Gasteiger partial charge in [0.25, 0.3) is 0 Å². The summed E-state index contributed by atoms with van der Waals surface area (Å²) >= 11 is 0. The molecule has 7 heteroatoms. The number of carbonyl (C=O) groups is 3. The van der Waals surface area contributed by atoms with E-state index >= 15 is 0 Å². The molecule has 0 saturated carbocycles. The Morgan fingerprint density at radius 2 is 1.62 bits per heavy atom. The van der Waals surface area contributed by atoms with E-state index in [1.807, 2.05) is 0 Å². The van der Waals surface area contributed by atoms with Crippen molar-refractivity contribution >= 4 is 17.9 Å². The van der Waals surface area contributed by atoms with Gasteiger partial charge >= 0.3 is 12.0 Å². The molecule has 2 N–H and O–H groups in total. The molecule has 1 rings (SSSR count). The Hall–Kier alpha value is -1.79. The summed E-state index contributed by atoms with van der Waals surface area (Å²) in [5, 5.41) is 11.5. The number of unbranched alkanes of at least 4 members (excludes halogenated alkanes) is 4. The number of hydrogen-bond acceptors (Lipinski definition) is 3. The van der Waals surface area contributed by atoms with Crippen LogP contribution in [-0.2, 0) is 9.59 Å². The van der Waals surface area contributed by atoms with Crippen LogP contribution < -0.4 is 5.32 Å².